The van der Waals surface area contributed by atoms with Crippen molar-refractivity contribution in [1.82, 2.24) is 0 Å². The van der Waals surface area contributed by atoms with Crippen molar-refractivity contribution < 1.29 is 4.74 Å². The summed E-state index contributed by atoms with van der Waals surface area (Å²) < 4.78 is 4.97. The van der Waals surface area contributed by atoms with Crippen molar-refractivity contribution in [3.63, 3.8) is 0 Å². The highest BCUT2D eigenvalue weighted by Gasteiger charge is 2.11. The van der Waals surface area contributed by atoms with Gasteiger partial charge in [-0.1, -0.05) is 0 Å². The molecule has 0 spiro atoms. The van der Waals surface area contributed by atoms with Crippen LogP contribution in [0, 0.1) is 18.3 Å². The average molecular weight is 182 g/mol. The zero-order valence-corrected chi connectivity index (χ0v) is 7.86. The number of nitrogens with zero attached hydrogens (tertiary/aromatic N) is 1. The minimum Gasteiger partial charge on any atom is -0.389 e. The smallest absolute Gasteiger partial charge is 0.104 e. The molecular formula is C8H10N2OS. The summed E-state index contributed by atoms with van der Waals surface area (Å²) in [6.45, 7) is 2.42. The Hall–Kier alpha value is -1.05. The molecule has 0 aliphatic rings. The number of methoxy groups -OCH3 is 1. The van der Waals surface area contributed by atoms with Gasteiger partial charge in [0.25, 0.3) is 0 Å². The highest BCUT2D eigenvalue weighted by atomic mass is 32.1. The third-order valence-electron chi connectivity index (χ3n) is 1.66. The van der Waals surface area contributed by atoms with Crippen LogP contribution in [0.4, 0.5) is 5.00 Å². The first-order chi connectivity index (χ1) is 5.70. The molecule has 0 aromatic carbocycles. The van der Waals surface area contributed by atoms with Crippen molar-refractivity contribution in [2.75, 3.05) is 12.8 Å². The molecule has 0 saturated heterocycles. The second kappa shape index (κ2) is 3.57. The van der Waals surface area contributed by atoms with Gasteiger partial charge in [0, 0.05) is 12.0 Å². The Labute approximate surface area is 75.4 Å². The largest absolute Gasteiger partial charge is 0.389 e. The summed E-state index contributed by atoms with van der Waals surface area (Å²) in [5, 5.41) is 9.30. The molecular weight excluding hydrogens is 172 g/mol. The van der Waals surface area contributed by atoms with Crippen LogP contribution in [0.5, 0.6) is 0 Å². The van der Waals surface area contributed by atoms with E-state index in [1.807, 2.05) is 6.92 Å². The normalized spacial score (nSPS) is 9.75. The first-order valence-corrected chi connectivity index (χ1v) is 4.29. The lowest BCUT2D eigenvalue weighted by molar-refractivity contribution is 0.187. The van der Waals surface area contributed by atoms with E-state index in [1.165, 1.54) is 11.3 Å². The van der Waals surface area contributed by atoms with Crippen molar-refractivity contribution in [1.29, 1.82) is 5.26 Å². The number of nitrogen functional groups attached to an aromatic ring is 1. The number of nitriles is 1. The number of thiophene rings is 1. The number of hydrogen-bond acceptors (Lipinski definition) is 4. The van der Waals surface area contributed by atoms with E-state index in [-0.39, 0.29) is 0 Å². The fraction of sp³-hybridized carbons (Fsp3) is 0.375. The van der Waals surface area contributed by atoms with Crippen LogP contribution in [-0.2, 0) is 11.3 Å². The molecule has 12 heavy (non-hydrogen) atoms. The summed E-state index contributed by atoms with van der Waals surface area (Å²) in [4.78, 5) is 1.03. The lowest BCUT2D eigenvalue weighted by Crippen LogP contribution is -1.87. The van der Waals surface area contributed by atoms with Gasteiger partial charge in [0.1, 0.15) is 11.1 Å². The Morgan fingerprint density at radius 1 is 1.67 bits per heavy atom. The van der Waals surface area contributed by atoms with Crippen molar-refractivity contribution >= 4 is 16.3 Å². The maximum atomic E-state index is 8.72. The maximum Gasteiger partial charge on any atom is 0.104 e. The monoisotopic (exact) mass is 182 g/mol. The van der Waals surface area contributed by atoms with Gasteiger partial charge in [0.2, 0.25) is 0 Å². The molecule has 0 saturated carbocycles. The molecule has 0 aliphatic heterocycles. The standard InChI is InChI=1S/C8H10N2OS/c1-5-6(3-9)8(10)12-7(5)4-11-2/h4,10H2,1-2H3. The molecule has 0 unspecified atom stereocenters. The Balaban J connectivity index is 3.10. The van der Waals surface area contributed by atoms with Gasteiger partial charge in [-0.2, -0.15) is 5.26 Å². The average Bonchev–Trinajstić information content (AvgIpc) is 2.29. The maximum absolute atomic E-state index is 8.72. The molecule has 64 valence electrons. The molecule has 1 heterocycles. The van der Waals surface area contributed by atoms with E-state index in [9.17, 15) is 0 Å². The summed E-state index contributed by atoms with van der Waals surface area (Å²) in [7, 11) is 1.63. The van der Waals surface area contributed by atoms with Gasteiger partial charge >= 0.3 is 0 Å². The Bertz CT molecular complexity index is 325. The molecule has 0 atom stereocenters. The predicted molar refractivity (Wildman–Crippen MR) is 48.9 cm³/mol. The van der Waals surface area contributed by atoms with E-state index in [1.54, 1.807) is 7.11 Å². The van der Waals surface area contributed by atoms with Crippen LogP contribution in [0.15, 0.2) is 0 Å². The molecule has 3 nitrogen and oxygen atoms in total. The second-order valence-electron chi connectivity index (χ2n) is 2.43. The minimum absolute atomic E-state index is 0.530. The van der Waals surface area contributed by atoms with E-state index >= 15 is 0 Å². The van der Waals surface area contributed by atoms with Crippen LogP contribution in [-0.4, -0.2) is 7.11 Å². The number of ether oxygens (including phenoxy) is 1. The molecule has 1 aromatic heterocycles. The van der Waals surface area contributed by atoms with Gasteiger partial charge in [-0.25, -0.2) is 0 Å². The van der Waals surface area contributed by atoms with E-state index in [4.69, 9.17) is 15.7 Å². The van der Waals surface area contributed by atoms with Crippen LogP contribution < -0.4 is 5.73 Å². The van der Waals surface area contributed by atoms with Crippen LogP contribution in [0.1, 0.15) is 16.0 Å². The minimum atomic E-state index is 0.530. The van der Waals surface area contributed by atoms with E-state index in [2.05, 4.69) is 6.07 Å². The van der Waals surface area contributed by atoms with Crippen molar-refractivity contribution in [2.45, 2.75) is 13.5 Å². The summed E-state index contributed by atoms with van der Waals surface area (Å²) in [6, 6.07) is 2.07. The lowest BCUT2D eigenvalue weighted by atomic mass is 10.2. The number of anilines is 1. The topological polar surface area (TPSA) is 59.0 Å². The Morgan fingerprint density at radius 2 is 2.33 bits per heavy atom. The zero-order valence-electron chi connectivity index (χ0n) is 7.05. The SMILES string of the molecule is COCc1sc(N)c(C#N)c1C. The van der Waals surface area contributed by atoms with Gasteiger partial charge in [-0.15, -0.1) is 11.3 Å². The van der Waals surface area contributed by atoms with E-state index < -0.39 is 0 Å². The fourth-order valence-corrected chi connectivity index (χ4v) is 1.99. The van der Waals surface area contributed by atoms with Gasteiger partial charge in [-0.3, -0.25) is 0 Å². The first-order valence-electron chi connectivity index (χ1n) is 3.47. The summed E-state index contributed by atoms with van der Waals surface area (Å²) in [6.07, 6.45) is 0. The molecule has 0 fully saturated rings. The van der Waals surface area contributed by atoms with Gasteiger partial charge in [0.15, 0.2) is 0 Å². The van der Waals surface area contributed by atoms with Crippen molar-refractivity contribution in [3.8, 4) is 6.07 Å². The van der Waals surface area contributed by atoms with E-state index in [0.717, 1.165) is 10.4 Å². The van der Waals surface area contributed by atoms with Gasteiger partial charge in [0.05, 0.1) is 12.2 Å². The third-order valence-corrected chi connectivity index (χ3v) is 2.75. The lowest BCUT2D eigenvalue weighted by Gasteiger charge is -1.94. The third kappa shape index (κ3) is 1.42. The van der Waals surface area contributed by atoms with E-state index in [0.29, 0.717) is 17.2 Å². The molecule has 0 bridgehead atoms. The van der Waals surface area contributed by atoms with Crippen LogP contribution in [0.3, 0.4) is 0 Å². The summed E-state index contributed by atoms with van der Waals surface area (Å²) >= 11 is 1.42. The van der Waals surface area contributed by atoms with Crippen LogP contribution in [0.25, 0.3) is 0 Å². The molecule has 4 heteroatoms. The van der Waals surface area contributed by atoms with Gasteiger partial charge < -0.3 is 10.5 Å². The fourth-order valence-electron chi connectivity index (χ4n) is 0.992. The first kappa shape index (κ1) is 9.04. The van der Waals surface area contributed by atoms with Crippen molar-refractivity contribution in [2.24, 2.45) is 0 Å². The second-order valence-corrected chi connectivity index (χ2v) is 3.57. The highest BCUT2D eigenvalue weighted by Crippen LogP contribution is 2.29. The molecule has 0 aliphatic carbocycles. The Morgan fingerprint density at radius 3 is 2.75 bits per heavy atom. The Kier molecular flexibility index (Phi) is 2.69. The zero-order chi connectivity index (χ0) is 9.14. The number of hydrogen-bond donors (Lipinski definition) is 1. The number of nitrogens with two attached hydrogens (primary N) is 1. The van der Waals surface area contributed by atoms with Crippen LogP contribution in [0.2, 0.25) is 0 Å². The van der Waals surface area contributed by atoms with Gasteiger partial charge in [-0.05, 0) is 12.5 Å². The predicted octanol–water partition coefficient (Wildman–Crippen LogP) is 1.66. The number of rotatable bonds is 2. The summed E-state index contributed by atoms with van der Waals surface area (Å²) in [5.41, 5.74) is 7.16. The summed E-state index contributed by atoms with van der Waals surface area (Å²) in [5.74, 6) is 0. The highest BCUT2D eigenvalue weighted by molar-refractivity contribution is 7.16. The van der Waals surface area contributed by atoms with Crippen LogP contribution >= 0.6 is 11.3 Å². The molecule has 0 radical (unpaired) electrons. The van der Waals surface area contributed by atoms with Crippen molar-refractivity contribution in [3.05, 3.63) is 16.0 Å². The molecule has 1 aromatic rings. The quantitative estimate of drug-likeness (QED) is 0.756. The molecule has 0 amide bonds. The molecule has 1 rings (SSSR count). The molecule has 2 N–H and O–H groups in total.